The number of methoxy groups -OCH3 is 1. The van der Waals surface area contributed by atoms with Crippen LogP contribution in [0.2, 0.25) is 0 Å². The summed E-state index contributed by atoms with van der Waals surface area (Å²) in [5, 5.41) is 28.0. The van der Waals surface area contributed by atoms with Crippen LogP contribution in [-0.4, -0.2) is 79.9 Å². The number of aliphatic hydroxyl groups is 2. The van der Waals surface area contributed by atoms with E-state index in [1.54, 1.807) is 0 Å². The molecule has 2 aromatic heterocycles. The van der Waals surface area contributed by atoms with Crippen molar-refractivity contribution in [3.63, 3.8) is 0 Å². The number of carbonyl (C=O) groups is 1. The van der Waals surface area contributed by atoms with Crippen LogP contribution in [0.3, 0.4) is 0 Å². The Balaban J connectivity index is 1.52. The number of esters is 1. The molecule has 0 amide bonds. The van der Waals surface area contributed by atoms with Crippen LogP contribution in [0.15, 0.2) is 36.7 Å². The zero-order valence-corrected chi connectivity index (χ0v) is 25.9. The van der Waals surface area contributed by atoms with E-state index in [0.717, 1.165) is 5.56 Å². The summed E-state index contributed by atoms with van der Waals surface area (Å²) in [5.41, 5.74) is 5.02. The second kappa shape index (κ2) is 12.8. The molecule has 6 unspecified atom stereocenters. The molecular weight excluding hydrogens is 581 g/mol. The summed E-state index contributed by atoms with van der Waals surface area (Å²) >= 11 is 0. The summed E-state index contributed by atoms with van der Waals surface area (Å²) in [6.45, 7) is 8.57. The third-order valence-corrected chi connectivity index (χ3v) is 8.54. The number of nitrogen functional groups attached to an aromatic ring is 1. The smallest absolute Gasteiger partial charge is 0.341 e. The number of nitrogens with one attached hydrogen (secondary N) is 2. The molecule has 0 radical (unpaired) electrons. The van der Waals surface area contributed by atoms with Crippen LogP contribution < -0.4 is 20.6 Å². The maximum Gasteiger partial charge on any atom is 0.341 e. The number of fused-ring (bicyclic) bond motifs is 1. The molecular formula is C27H40N7O8P. The Bertz CT molecular complexity index is 1460. The lowest BCUT2D eigenvalue weighted by molar-refractivity contribution is -0.148. The number of anilines is 1. The molecule has 3 heterocycles. The first-order valence-electron chi connectivity index (χ1n) is 13.7. The van der Waals surface area contributed by atoms with Crippen molar-refractivity contribution in [2.75, 3.05) is 26.1 Å². The molecule has 1 aliphatic heterocycles. The number of hydrogen-bond donors (Lipinski definition) is 5. The SMILES string of the molecule is COc1nc(N)nc2c1ncn2C1OC(COP(=O)(NCc2ccccc2)NC(C)C(=O)OCC(C)(C)C)C(O)C1(C)O. The average molecular weight is 622 g/mol. The molecule has 15 nitrogen and oxygen atoms in total. The van der Waals surface area contributed by atoms with Gasteiger partial charge in [-0.1, -0.05) is 51.1 Å². The zero-order valence-electron chi connectivity index (χ0n) is 25.1. The number of hydrogen-bond acceptors (Lipinski definition) is 12. The third kappa shape index (κ3) is 7.68. The average Bonchev–Trinajstić information content (AvgIpc) is 3.46. The largest absolute Gasteiger partial charge is 0.479 e. The number of benzene rings is 1. The molecule has 6 N–H and O–H groups in total. The minimum atomic E-state index is -3.96. The zero-order chi connectivity index (χ0) is 31.6. The van der Waals surface area contributed by atoms with Crippen LogP contribution in [0.5, 0.6) is 5.88 Å². The van der Waals surface area contributed by atoms with E-state index in [4.69, 9.17) is 24.5 Å². The molecule has 43 heavy (non-hydrogen) atoms. The molecule has 0 saturated carbocycles. The fourth-order valence-corrected chi connectivity index (χ4v) is 6.04. The number of aliphatic hydroxyl groups excluding tert-OH is 1. The monoisotopic (exact) mass is 621 g/mol. The predicted molar refractivity (Wildman–Crippen MR) is 157 cm³/mol. The minimum absolute atomic E-state index is 0.0872. The standard InChI is InChI=1S/C27H40N7O8P/c1-16(23(36)40-14-26(2,3)4)33-43(38,30-12-17-10-8-7-9-11-17)41-13-18-20(35)27(5,37)24(42-18)34-15-29-19-21(34)31-25(28)32-22(19)39-6/h7-11,15-16,18,20,24,35,37H,12-14H2,1-6H3,(H2,28,31,32)(H2,30,33,38). The van der Waals surface area contributed by atoms with Gasteiger partial charge in [0.15, 0.2) is 17.4 Å². The number of nitrogens with two attached hydrogens (primary N) is 1. The molecule has 1 fully saturated rings. The second-order valence-corrected chi connectivity index (χ2v) is 13.7. The van der Waals surface area contributed by atoms with E-state index < -0.39 is 50.3 Å². The van der Waals surface area contributed by atoms with E-state index in [-0.39, 0.29) is 41.6 Å². The molecule has 6 atom stereocenters. The summed E-state index contributed by atoms with van der Waals surface area (Å²) in [5.74, 6) is -0.564. The normalized spacial score (nSPS) is 24.5. The summed E-state index contributed by atoms with van der Waals surface area (Å²) in [6, 6.07) is 8.20. The van der Waals surface area contributed by atoms with Crippen molar-refractivity contribution in [3.8, 4) is 5.88 Å². The van der Waals surface area contributed by atoms with Gasteiger partial charge in [-0.25, -0.2) is 15.2 Å². The number of aromatic nitrogens is 4. The Morgan fingerprint density at radius 2 is 1.98 bits per heavy atom. The molecule has 0 aliphatic carbocycles. The van der Waals surface area contributed by atoms with Crippen LogP contribution in [0.1, 0.15) is 46.4 Å². The molecule has 1 aliphatic rings. The Morgan fingerprint density at radius 1 is 1.28 bits per heavy atom. The van der Waals surface area contributed by atoms with Crippen molar-refractivity contribution >= 4 is 30.8 Å². The van der Waals surface area contributed by atoms with Gasteiger partial charge in [-0.15, -0.1) is 0 Å². The van der Waals surface area contributed by atoms with Gasteiger partial charge in [-0.05, 0) is 24.8 Å². The lowest BCUT2D eigenvalue weighted by Gasteiger charge is -2.27. The van der Waals surface area contributed by atoms with E-state index in [1.165, 1.54) is 31.9 Å². The summed E-state index contributed by atoms with van der Waals surface area (Å²) in [6.07, 6.45) is -2.45. The summed E-state index contributed by atoms with van der Waals surface area (Å²) < 4.78 is 37.9. The Morgan fingerprint density at radius 3 is 2.63 bits per heavy atom. The first-order valence-corrected chi connectivity index (χ1v) is 15.3. The van der Waals surface area contributed by atoms with Gasteiger partial charge in [-0.3, -0.25) is 13.9 Å². The second-order valence-electron chi connectivity index (χ2n) is 11.8. The van der Waals surface area contributed by atoms with Gasteiger partial charge < -0.3 is 34.7 Å². The number of carbonyl (C=O) groups excluding carboxylic acids is 1. The van der Waals surface area contributed by atoms with Crippen molar-refractivity contribution in [3.05, 3.63) is 42.2 Å². The van der Waals surface area contributed by atoms with E-state index in [2.05, 4.69) is 25.1 Å². The fourth-order valence-electron chi connectivity index (χ4n) is 4.42. The van der Waals surface area contributed by atoms with Gasteiger partial charge in [0.25, 0.3) is 0 Å². The maximum absolute atomic E-state index is 14.0. The van der Waals surface area contributed by atoms with Crippen molar-refractivity contribution in [1.82, 2.24) is 29.7 Å². The van der Waals surface area contributed by atoms with Gasteiger partial charge >= 0.3 is 13.6 Å². The van der Waals surface area contributed by atoms with Crippen LogP contribution in [0, 0.1) is 5.41 Å². The number of rotatable bonds is 12. The van der Waals surface area contributed by atoms with Crippen LogP contribution in [0.4, 0.5) is 5.95 Å². The van der Waals surface area contributed by atoms with E-state index in [9.17, 15) is 19.6 Å². The van der Waals surface area contributed by atoms with Gasteiger partial charge in [-0.2, -0.15) is 9.97 Å². The lowest BCUT2D eigenvalue weighted by atomic mass is 9.96. The molecule has 1 aromatic carbocycles. The first kappa shape index (κ1) is 32.7. The maximum atomic E-state index is 14.0. The van der Waals surface area contributed by atoms with Crippen molar-refractivity contribution in [1.29, 1.82) is 0 Å². The highest BCUT2D eigenvalue weighted by Gasteiger charge is 2.54. The van der Waals surface area contributed by atoms with Gasteiger partial charge in [0, 0.05) is 6.54 Å². The van der Waals surface area contributed by atoms with Crippen LogP contribution in [-0.2, 0) is 29.9 Å². The van der Waals surface area contributed by atoms with Gasteiger partial charge in [0.05, 0.1) is 26.7 Å². The van der Waals surface area contributed by atoms with Crippen molar-refractivity contribution in [2.45, 2.75) is 71.2 Å². The third-order valence-electron chi connectivity index (χ3n) is 6.73. The molecule has 236 valence electrons. The Hall–Kier alpha value is -3.17. The summed E-state index contributed by atoms with van der Waals surface area (Å²) in [4.78, 5) is 25.1. The Labute approximate surface area is 249 Å². The van der Waals surface area contributed by atoms with Gasteiger partial charge in [0.2, 0.25) is 11.8 Å². The molecule has 4 rings (SSSR count). The van der Waals surface area contributed by atoms with Gasteiger partial charge in [0.1, 0.15) is 23.9 Å². The fraction of sp³-hybridized carbons (Fsp3) is 0.556. The molecule has 1 saturated heterocycles. The minimum Gasteiger partial charge on any atom is -0.479 e. The first-order chi connectivity index (χ1) is 20.1. The lowest BCUT2D eigenvalue weighted by Crippen LogP contribution is -2.45. The highest BCUT2D eigenvalue weighted by atomic mass is 31.2. The summed E-state index contributed by atoms with van der Waals surface area (Å²) in [7, 11) is -2.56. The Kier molecular flexibility index (Phi) is 9.76. The number of nitrogens with zero attached hydrogens (tertiary/aromatic N) is 4. The van der Waals surface area contributed by atoms with E-state index >= 15 is 0 Å². The molecule has 0 spiro atoms. The molecule has 16 heteroatoms. The topological polar surface area (TPSA) is 205 Å². The molecule has 0 bridgehead atoms. The number of ether oxygens (including phenoxy) is 3. The quantitative estimate of drug-likeness (QED) is 0.145. The molecule has 3 aromatic rings. The highest BCUT2D eigenvalue weighted by molar-refractivity contribution is 7.54. The van der Waals surface area contributed by atoms with Crippen LogP contribution >= 0.6 is 7.67 Å². The predicted octanol–water partition coefficient (Wildman–Crippen LogP) is 1.91. The van der Waals surface area contributed by atoms with E-state index in [0.29, 0.717) is 0 Å². The van der Waals surface area contributed by atoms with Crippen LogP contribution in [0.25, 0.3) is 11.2 Å². The number of imidazole rings is 1. The van der Waals surface area contributed by atoms with Crippen molar-refractivity contribution in [2.24, 2.45) is 5.41 Å². The van der Waals surface area contributed by atoms with E-state index in [1.807, 2.05) is 51.1 Å². The highest BCUT2D eigenvalue weighted by Crippen LogP contribution is 2.44. The van der Waals surface area contributed by atoms with Crippen molar-refractivity contribution < 1.29 is 38.3 Å².